The van der Waals surface area contributed by atoms with E-state index in [0.29, 0.717) is 37.0 Å². The molecule has 2 aromatic carbocycles. The summed E-state index contributed by atoms with van der Waals surface area (Å²) in [6.45, 7) is 1.30. The minimum Gasteiger partial charge on any atom is -0.486 e. The van der Waals surface area contributed by atoms with Crippen LogP contribution in [0.2, 0.25) is 0 Å². The molecule has 1 amide bonds. The standard InChI is InChI=1S/C17H16FNO4/c18-13-2-4-14(5-3-13)23-11-17(20)19-10-12-1-6-15-16(9-12)22-8-7-21-15/h1-6,9H,7-8,10-11H2,(H,19,20). The maximum atomic E-state index is 12.8. The lowest BCUT2D eigenvalue weighted by Gasteiger charge is -2.19. The summed E-state index contributed by atoms with van der Waals surface area (Å²) in [5.74, 6) is 1.24. The van der Waals surface area contributed by atoms with Crippen LogP contribution in [-0.4, -0.2) is 25.7 Å². The van der Waals surface area contributed by atoms with Gasteiger partial charge in [0.05, 0.1) is 0 Å². The van der Waals surface area contributed by atoms with Gasteiger partial charge >= 0.3 is 0 Å². The van der Waals surface area contributed by atoms with E-state index in [4.69, 9.17) is 14.2 Å². The molecule has 0 unspecified atom stereocenters. The quantitative estimate of drug-likeness (QED) is 0.919. The SMILES string of the molecule is O=C(COc1ccc(F)cc1)NCc1ccc2c(c1)OCCO2. The summed E-state index contributed by atoms with van der Waals surface area (Å²) in [4.78, 5) is 11.8. The highest BCUT2D eigenvalue weighted by molar-refractivity contribution is 5.77. The minimum absolute atomic E-state index is 0.129. The molecule has 0 radical (unpaired) electrons. The molecule has 1 aliphatic rings. The molecule has 2 aromatic rings. The van der Waals surface area contributed by atoms with Gasteiger partial charge in [0.15, 0.2) is 18.1 Å². The molecule has 0 saturated heterocycles. The Bertz CT molecular complexity index is 687. The fourth-order valence-electron chi connectivity index (χ4n) is 2.13. The first-order valence-corrected chi connectivity index (χ1v) is 7.24. The van der Waals surface area contributed by atoms with Crippen LogP contribution in [0, 0.1) is 5.82 Å². The Hall–Kier alpha value is -2.76. The number of carbonyl (C=O) groups excluding carboxylic acids is 1. The molecular formula is C17H16FNO4. The van der Waals surface area contributed by atoms with Gasteiger partial charge in [-0.05, 0) is 42.0 Å². The Balaban J connectivity index is 1.48. The number of rotatable bonds is 5. The van der Waals surface area contributed by atoms with Crippen molar-refractivity contribution in [3.05, 3.63) is 53.8 Å². The Morgan fingerprint density at radius 1 is 1.09 bits per heavy atom. The Morgan fingerprint density at radius 3 is 2.61 bits per heavy atom. The Morgan fingerprint density at radius 2 is 1.83 bits per heavy atom. The van der Waals surface area contributed by atoms with Gasteiger partial charge < -0.3 is 19.5 Å². The highest BCUT2D eigenvalue weighted by Gasteiger charge is 2.12. The van der Waals surface area contributed by atoms with Crippen LogP contribution >= 0.6 is 0 Å². The van der Waals surface area contributed by atoms with Crippen molar-refractivity contribution in [1.82, 2.24) is 5.32 Å². The van der Waals surface area contributed by atoms with Gasteiger partial charge in [-0.25, -0.2) is 4.39 Å². The maximum absolute atomic E-state index is 12.8. The van der Waals surface area contributed by atoms with E-state index in [2.05, 4.69) is 5.32 Å². The van der Waals surface area contributed by atoms with Crippen LogP contribution in [0.3, 0.4) is 0 Å². The number of hydrogen-bond donors (Lipinski definition) is 1. The highest BCUT2D eigenvalue weighted by Crippen LogP contribution is 2.30. The lowest BCUT2D eigenvalue weighted by atomic mass is 10.2. The van der Waals surface area contributed by atoms with Crippen LogP contribution in [0.15, 0.2) is 42.5 Å². The second-order valence-corrected chi connectivity index (χ2v) is 5.00. The number of nitrogens with one attached hydrogen (secondary N) is 1. The van der Waals surface area contributed by atoms with Gasteiger partial charge in [-0.1, -0.05) is 6.07 Å². The summed E-state index contributed by atoms with van der Waals surface area (Å²) in [6, 6.07) is 11.0. The maximum Gasteiger partial charge on any atom is 0.258 e. The number of ether oxygens (including phenoxy) is 3. The van der Waals surface area contributed by atoms with E-state index in [1.807, 2.05) is 18.2 Å². The van der Waals surface area contributed by atoms with Crippen LogP contribution in [0.5, 0.6) is 17.2 Å². The summed E-state index contributed by atoms with van der Waals surface area (Å²) >= 11 is 0. The van der Waals surface area contributed by atoms with Crippen molar-refractivity contribution in [1.29, 1.82) is 0 Å². The van der Waals surface area contributed by atoms with Crippen LogP contribution in [0.25, 0.3) is 0 Å². The second kappa shape index (κ2) is 7.00. The van der Waals surface area contributed by atoms with Crippen molar-refractivity contribution >= 4 is 5.91 Å². The molecule has 0 aliphatic carbocycles. The predicted molar refractivity (Wildman–Crippen MR) is 81.2 cm³/mol. The van der Waals surface area contributed by atoms with Gasteiger partial charge in [0.2, 0.25) is 0 Å². The third-order valence-electron chi connectivity index (χ3n) is 3.28. The molecule has 0 aromatic heterocycles. The third-order valence-corrected chi connectivity index (χ3v) is 3.28. The van der Waals surface area contributed by atoms with E-state index in [1.165, 1.54) is 24.3 Å². The number of hydrogen-bond acceptors (Lipinski definition) is 4. The zero-order valence-electron chi connectivity index (χ0n) is 12.4. The molecule has 0 bridgehead atoms. The molecule has 23 heavy (non-hydrogen) atoms. The smallest absolute Gasteiger partial charge is 0.258 e. The number of carbonyl (C=O) groups is 1. The Labute approximate surface area is 133 Å². The monoisotopic (exact) mass is 317 g/mol. The summed E-state index contributed by atoms with van der Waals surface area (Å²) < 4.78 is 29.0. The van der Waals surface area contributed by atoms with Crippen LogP contribution in [-0.2, 0) is 11.3 Å². The lowest BCUT2D eigenvalue weighted by Crippen LogP contribution is -2.28. The third kappa shape index (κ3) is 4.12. The van der Waals surface area contributed by atoms with Crippen LogP contribution in [0.4, 0.5) is 4.39 Å². The van der Waals surface area contributed by atoms with Crippen molar-refractivity contribution in [2.45, 2.75) is 6.54 Å². The van der Waals surface area contributed by atoms with E-state index >= 15 is 0 Å². The summed E-state index contributed by atoms with van der Waals surface area (Å²) in [6.07, 6.45) is 0. The molecule has 5 nitrogen and oxygen atoms in total. The highest BCUT2D eigenvalue weighted by atomic mass is 19.1. The molecule has 1 aliphatic heterocycles. The van der Waals surface area contributed by atoms with Gasteiger partial charge in [0.1, 0.15) is 24.8 Å². The zero-order chi connectivity index (χ0) is 16.1. The summed E-state index contributed by atoms with van der Waals surface area (Å²) in [5, 5.41) is 2.75. The fraction of sp³-hybridized carbons (Fsp3) is 0.235. The molecule has 1 heterocycles. The number of halogens is 1. The lowest BCUT2D eigenvalue weighted by molar-refractivity contribution is -0.123. The zero-order valence-corrected chi connectivity index (χ0v) is 12.4. The van der Waals surface area contributed by atoms with Gasteiger partial charge in [0.25, 0.3) is 5.91 Å². The van der Waals surface area contributed by atoms with Gasteiger partial charge in [-0.2, -0.15) is 0 Å². The minimum atomic E-state index is -0.347. The van der Waals surface area contributed by atoms with Crippen molar-refractivity contribution in [3.63, 3.8) is 0 Å². The van der Waals surface area contributed by atoms with E-state index in [-0.39, 0.29) is 18.3 Å². The average Bonchev–Trinajstić information content (AvgIpc) is 2.59. The van der Waals surface area contributed by atoms with Crippen molar-refractivity contribution in [2.75, 3.05) is 19.8 Å². The molecular weight excluding hydrogens is 301 g/mol. The second-order valence-electron chi connectivity index (χ2n) is 5.00. The van der Waals surface area contributed by atoms with E-state index in [0.717, 1.165) is 5.56 Å². The first-order valence-electron chi connectivity index (χ1n) is 7.24. The number of benzene rings is 2. The molecule has 6 heteroatoms. The van der Waals surface area contributed by atoms with Gasteiger partial charge in [-0.3, -0.25) is 4.79 Å². The number of amides is 1. The molecule has 0 atom stereocenters. The molecule has 1 N–H and O–H groups in total. The largest absolute Gasteiger partial charge is 0.486 e. The van der Waals surface area contributed by atoms with Crippen molar-refractivity contribution in [2.24, 2.45) is 0 Å². The summed E-state index contributed by atoms with van der Waals surface area (Å²) in [7, 11) is 0. The topological polar surface area (TPSA) is 56.8 Å². The normalized spacial score (nSPS) is 12.6. The first kappa shape index (κ1) is 15.1. The van der Waals surface area contributed by atoms with Crippen molar-refractivity contribution in [3.8, 4) is 17.2 Å². The van der Waals surface area contributed by atoms with Crippen molar-refractivity contribution < 1.29 is 23.4 Å². The molecule has 0 fully saturated rings. The van der Waals surface area contributed by atoms with E-state index in [1.54, 1.807) is 0 Å². The first-order chi connectivity index (χ1) is 11.2. The van der Waals surface area contributed by atoms with Crippen LogP contribution < -0.4 is 19.5 Å². The molecule has 120 valence electrons. The van der Waals surface area contributed by atoms with E-state index in [9.17, 15) is 9.18 Å². The Kier molecular flexibility index (Phi) is 4.61. The molecule has 3 rings (SSSR count). The predicted octanol–water partition coefficient (Wildman–Crippen LogP) is 2.29. The summed E-state index contributed by atoms with van der Waals surface area (Å²) in [5.41, 5.74) is 0.907. The average molecular weight is 317 g/mol. The molecule has 0 saturated carbocycles. The van der Waals surface area contributed by atoms with Crippen LogP contribution in [0.1, 0.15) is 5.56 Å². The van der Waals surface area contributed by atoms with E-state index < -0.39 is 0 Å². The fourth-order valence-corrected chi connectivity index (χ4v) is 2.13. The number of fused-ring (bicyclic) bond motifs is 1. The van der Waals surface area contributed by atoms with Gasteiger partial charge in [-0.15, -0.1) is 0 Å². The molecule has 0 spiro atoms. The van der Waals surface area contributed by atoms with Gasteiger partial charge in [0, 0.05) is 6.54 Å².